The zero-order chi connectivity index (χ0) is 13.4. The molecule has 2 nitrogen and oxygen atoms in total. The fraction of sp³-hybridized carbons (Fsp3) is 0.200. The predicted octanol–water partition coefficient (Wildman–Crippen LogP) is 2.76. The highest BCUT2D eigenvalue weighted by molar-refractivity contribution is 6.30. The summed E-state index contributed by atoms with van der Waals surface area (Å²) in [6.45, 7) is 2.09. The van der Waals surface area contributed by atoms with Crippen molar-refractivity contribution in [1.82, 2.24) is 10.2 Å². The molecule has 0 fully saturated rings. The highest BCUT2D eigenvalue weighted by Gasteiger charge is 2.28. The first-order chi connectivity index (χ1) is 9.17. The largest absolute Gasteiger partial charge is 0.364 e. The number of rotatable bonds is 2. The van der Waals surface area contributed by atoms with E-state index in [9.17, 15) is 0 Å². The van der Waals surface area contributed by atoms with Crippen LogP contribution in [0.4, 0.5) is 0 Å². The maximum absolute atomic E-state index is 6.12. The van der Waals surface area contributed by atoms with Crippen LogP contribution in [0, 0.1) is 0 Å². The molecule has 4 heteroatoms. The first-order valence-corrected chi connectivity index (χ1v) is 6.96. The number of nitrogens with one attached hydrogen (secondary N) is 1. The minimum atomic E-state index is 0.189. The molecule has 0 aliphatic carbocycles. The predicted molar refractivity (Wildman–Crippen MR) is 83.4 cm³/mol. The standard InChI is InChI=1S/C15H16BClN2/c1-10-8-19-9-11(7-16)5-14(15(19)18-10)12-3-2-4-13(17)6-12/h2-6,8-9,15,18H,7,16H2,1H3. The molecule has 2 aliphatic rings. The average molecular weight is 271 g/mol. The Balaban J connectivity index is 2.04. The SMILES string of the molecule is BCC1=CN2C=C(C)NC2C(c2cccc(Cl)c2)=C1. The molecule has 0 saturated heterocycles. The molecule has 1 N–H and O–H groups in total. The second kappa shape index (κ2) is 4.82. The molecular formula is C15H16BClN2. The van der Waals surface area contributed by atoms with E-state index in [4.69, 9.17) is 11.6 Å². The third kappa shape index (κ3) is 2.30. The third-order valence-electron chi connectivity index (χ3n) is 3.52. The normalized spacial score (nSPS) is 21.3. The summed E-state index contributed by atoms with van der Waals surface area (Å²) >= 11 is 6.12. The Hall–Kier alpha value is -1.61. The summed E-state index contributed by atoms with van der Waals surface area (Å²) < 4.78 is 0. The van der Waals surface area contributed by atoms with Crippen LogP contribution in [-0.4, -0.2) is 18.9 Å². The number of allylic oxidation sites excluding steroid dienone is 3. The lowest BCUT2D eigenvalue weighted by atomic mass is 9.90. The first-order valence-electron chi connectivity index (χ1n) is 6.58. The van der Waals surface area contributed by atoms with Crippen LogP contribution >= 0.6 is 11.6 Å². The van der Waals surface area contributed by atoms with Gasteiger partial charge in [0.2, 0.25) is 0 Å². The summed E-state index contributed by atoms with van der Waals surface area (Å²) in [5, 5.41) is 4.28. The number of hydrogen-bond acceptors (Lipinski definition) is 2. The van der Waals surface area contributed by atoms with Crippen LogP contribution < -0.4 is 5.32 Å². The van der Waals surface area contributed by atoms with Gasteiger partial charge < -0.3 is 10.2 Å². The maximum atomic E-state index is 6.12. The van der Waals surface area contributed by atoms with E-state index in [2.05, 4.69) is 49.5 Å². The Labute approximate surface area is 119 Å². The second-order valence-electron chi connectivity index (χ2n) is 4.97. The van der Waals surface area contributed by atoms with Crippen molar-refractivity contribution in [3.05, 3.63) is 64.6 Å². The molecule has 3 rings (SSSR count). The Kier molecular flexibility index (Phi) is 3.15. The van der Waals surface area contributed by atoms with Gasteiger partial charge in [-0.2, -0.15) is 0 Å². The van der Waals surface area contributed by atoms with E-state index < -0.39 is 0 Å². The fourth-order valence-corrected chi connectivity index (χ4v) is 2.78. The zero-order valence-electron chi connectivity index (χ0n) is 11.2. The first kappa shape index (κ1) is 12.4. The molecular weight excluding hydrogens is 254 g/mol. The highest BCUT2D eigenvalue weighted by atomic mass is 35.5. The van der Waals surface area contributed by atoms with Crippen molar-refractivity contribution in [2.45, 2.75) is 19.4 Å². The van der Waals surface area contributed by atoms with E-state index in [0.29, 0.717) is 0 Å². The number of nitrogens with zero attached hydrogens (tertiary/aromatic N) is 1. The Morgan fingerprint density at radius 1 is 1.37 bits per heavy atom. The Morgan fingerprint density at radius 3 is 2.95 bits per heavy atom. The molecule has 96 valence electrons. The van der Waals surface area contributed by atoms with E-state index >= 15 is 0 Å². The number of benzene rings is 1. The lowest BCUT2D eigenvalue weighted by Crippen LogP contribution is -2.36. The monoisotopic (exact) mass is 270 g/mol. The van der Waals surface area contributed by atoms with Gasteiger partial charge in [-0.05, 0) is 30.2 Å². The van der Waals surface area contributed by atoms with E-state index in [1.165, 1.54) is 22.4 Å². The summed E-state index contributed by atoms with van der Waals surface area (Å²) in [6, 6.07) is 8.06. The van der Waals surface area contributed by atoms with Gasteiger partial charge in [0.25, 0.3) is 0 Å². The molecule has 1 atom stereocenters. The van der Waals surface area contributed by atoms with Crippen molar-refractivity contribution in [2.75, 3.05) is 0 Å². The van der Waals surface area contributed by atoms with Crippen molar-refractivity contribution in [3.8, 4) is 0 Å². The van der Waals surface area contributed by atoms with Crippen molar-refractivity contribution >= 4 is 25.0 Å². The van der Waals surface area contributed by atoms with Gasteiger partial charge in [0.1, 0.15) is 14.0 Å². The molecule has 0 amide bonds. The maximum Gasteiger partial charge on any atom is 0.129 e. The Bertz CT molecular complexity index is 604. The summed E-state index contributed by atoms with van der Waals surface area (Å²) in [5.41, 5.74) is 4.97. The van der Waals surface area contributed by atoms with E-state index in [0.717, 1.165) is 11.3 Å². The molecule has 1 aromatic rings. The van der Waals surface area contributed by atoms with Crippen molar-refractivity contribution < 1.29 is 0 Å². The van der Waals surface area contributed by atoms with Crippen LogP contribution in [0.2, 0.25) is 11.3 Å². The minimum absolute atomic E-state index is 0.189. The average Bonchev–Trinajstić information content (AvgIpc) is 2.77. The van der Waals surface area contributed by atoms with Gasteiger partial charge in [-0.1, -0.05) is 36.1 Å². The summed E-state index contributed by atoms with van der Waals surface area (Å²) in [7, 11) is 2.18. The second-order valence-corrected chi connectivity index (χ2v) is 5.41. The van der Waals surface area contributed by atoms with Crippen LogP contribution in [0.25, 0.3) is 5.57 Å². The quantitative estimate of drug-likeness (QED) is 0.832. The highest BCUT2D eigenvalue weighted by Crippen LogP contribution is 2.32. The molecule has 2 heterocycles. The van der Waals surface area contributed by atoms with Gasteiger partial charge in [-0.25, -0.2) is 0 Å². The van der Waals surface area contributed by atoms with Crippen LogP contribution in [0.15, 0.2) is 54.0 Å². The molecule has 1 unspecified atom stereocenters. The van der Waals surface area contributed by atoms with Crippen LogP contribution in [0.5, 0.6) is 0 Å². The van der Waals surface area contributed by atoms with Gasteiger partial charge in [0.15, 0.2) is 0 Å². The smallest absolute Gasteiger partial charge is 0.129 e. The van der Waals surface area contributed by atoms with Crippen molar-refractivity contribution in [1.29, 1.82) is 0 Å². The van der Waals surface area contributed by atoms with E-state index in [1.807, 2.05) is 18.2 Å². The molecule has 0 radical (unpaired) electrons. The van der Waals surface area contributed by atoms with E-state index in [-0.39, 0.29) is 6.17 Å². The molecule has 0 saturated carbocycles. The molecule has 0 bridgehead atoms. The molecule has 2 aliphatic heterocycles. The molecule has 0 spiro atoms. The summed E-state index contributed by atoms with van der Waals surface area (Å²) in [5.74, 6) is 0. The number of halogens is 1. The van der Waals surface area contributed by atoms with Crippen LogP contribution in [0.1, 0.15) is 12.5 Å². The molecule has 0 aromatic heterocycles. The number of fused-ring (bicyclic) bond motifs is 1. The van der Waals surface area contributed by atoms with Gasteiger partial charge in [0, 0.05) is 28.7 Å². The van der Waals surface area contributed by atoms with Gasteiger partial charge in [-0.3, -0.25) is 0 Å². The van der Waals surface area contributed by atoms with Crippen molar-refractivity contribution in [3.63, 3.8) is 0 Å². The lowest BCUT2D eigenvalue weighted by Gasteiger charge is -2.30. The fourth-order valence-electron chi connectivity index (χ4n) is 2.59. The molecule has 19 heavy (non-hydrogen) atoms. The minimum Gasteiger partial charge on any atom is -0.364 e. The van der Waals surface area contributed by atoms with Crippen molar-refractivity contribution in [2.24, 2.45) is 0 Å². The van der Waals surface area contributed by atoms with E-state index in [1.54, 1.807) is 0 Å². The van der Waals surface area contributed by atoms with Crippen LogP contribution in [-0.2, 0) is 0 Å². The Morgan fingerprint density at radius 2 is 2.21 bits per heavy atom. The van der Waals surface area contributed by atoms with Gasteiger partial charge >= 0.3 is 0 Å². The third-order valence-corrected chi connectivity index (χ3v) is 3.76. The van der Waals surface area contributed by atoms with Gasteiger partial charge in [0.05, 0.1) is 0 Å². The lowest BCUT2D eigenvalue weighted by molar-refractivity contribution is 0.433. The topological polar surface area (TPSA) is 15.3 Å². The number of hydrogen-bond donors (Lipinski definition) is 1. The summed E-state index contributed by atoms with van der Waals surface area (Å²) in [6.07, 6.45) is 7.85. The zero-order valence-corrected chi connectivity index (χ0v) is 11.9. The molecule has 1 aromatic carbocycles. The van der Waals surface area contributed by atoms with Crippen LogP contribution in [0.3, 0.4) is 0 Å². The van der Waals surface area contributed by atoms with Gasteiger partial charge in [-0.15, -0.1) is 0 Å². The summed E-state index contributed by atoms with van der Waals surface area (Å²) in [4.78, 5) is 2.24.